The van der Waals surface area contributed by atoms with Crippen LogP contribution in [-0.4, -0.2) is 28.1 Å². The fraction of sp³-hybridized carbons (Fsp3) is 0.538. The summed E-state index contributed by atoms with van der Waals surface area (Å²) in [6, 6.07) is 5.19. The topological polar surface area (TPSA) is 58.2 Å². The smallest absolute Gasteiger partial charge is 0.240 e. The highest BCUT2D eigenvalue weighted by Gasteiger charge is 2.13. The lowest BCUT2D eigenvalue weighted by Gasteiger charge is -2.08. The number of nitrogens with one attached hydrogen (secondary N) is 2. The molecule has 0 bridgehead atoms. The maximum Gasteiger partial charge on any atom is 0.240 e. The Labute approximate surface area is 110 Å². The average molecular weight is 270 g/mol. The van der Waals surface area contributed by atoms with Crippen LogP contribution in [0.5, 0.6) is 0 Å². The minimum absolute atomic E-state index is 0.342. The van der Waals surface area contributed by atoms with E-state index in [2.05, 4.69) is 10.0 Å². The van der Waals surface area contributed by atoms with E-state index in [0.717, 1.165) is 30.6 Å². The van der Waals surface area contributed by atoms with E-state index in [1.165, 1.54) is 0 Å². The quantitative estimate of drug-likeness (QED) is 0.740. The molecular formula is C13H22N2O2S. The Kier molecular flexibility index (Phi) is 5.78. The van der Waals surface area contributed by atoms with Gasteiger partial charge in [0, 0.05) is 6.54 Å². The van der Waals surface area contributed by atoms with Crippen LogP contribution in [0.25, 0.3) is 0 Å². The highest BCUT2D eigenvalue weighted by atomic mass is 32.2. The molecule has 18 heavy (non-hydrogen) atoms. The Morgan fingerprint density at radius 3 is 2.44 bits per heavy atom. The van der Waals surface area contributed by atoms with Crippen LogP contribution < -0.4 is 10.0 Å². The fourth-order valence-electron chi connectivity index (χ4n) is 1.56. The van der Waals surface area contributed by atoms with E-state index in [-0.39, 0.29) is 0 Å². The van der Waals surface area contributed by atoms with Crippen molar-refractivity contribution in [1.82, 2.24) is 10.0 Å². The molecule has 0 heterocycles. The van der Waals surface area contributed by atoms with Crippen molar-refractivity contribution in [2.75, 3.05) is 19.6 Å². The van der Waals surface area contributed by atoms with E-state index in [1.807, 2.05) is 26.8 Å². The molecule has 5 heteroatoms. The van der Waals surface area contributed by atoms with E-state index in [9.17, 15) is 8.42 Å². The summed E-state index contributed by atoms with van der Waals surface area (Å²) in [4.78, 5) is 0.342. The standard InChI is InChI=1S/C13H22N2O2S/c1-4-14-8-5-9-15-18(16,17)13-7-6-11(2)12(3)10-13/h6-7,10,14-15H,4-5,8-9H2,1-3H3. The predicted molar refractivity (Wildman–Crippen MR) is 74.3 cm³/mol. The van der Waals surface area contributed by atoms with Crippen LogP contribution in [-0.2, 0) is 10.0 Å². The van der Waals surface area contributed by atoms with Crippen LogP contribution >= 0.6 is 0 Å². The van der Waals surface area contributed by atoms with Gasteiger partial charge in [0.1, 0.15) is 0 Å². The van der Waals surface area contributed by atoms with Crippen molar-refractivity contribution in [2.45, 2.75) is 32.1 Å². The maximum absolute atomic E-state index is 12.0. The van der Waals surface area contributed by atoms with Crippen molar-refractivity contribution in [2.24, 2.45) is 0 Å². The highest BCUT2D eigenvalue weighted by molar-refractivity contribution is 7.89. The Morgan fingerprint density at radius 1 is 1.11 bits per heavy atom. The number of hydrogen-bond acceptors (Lipinski definition) is 3. The Bertz CT molecular complexity index is 484. The Balaban J connectivity index is 2.60. The normalized spacial score (nSPS) is 11.7. The van der Waals surface area contributed by atoms with E-state index in [4.69, 9.17) is 0 Å². The van der Waals surface area contributed by atoms with Gasteiger partial charge in [-0.05, 0) is 56.6 Å². The average Bonchev–Trinajstić information content (AvgIpc) is 2.32. The third-order valence-electron chi connectivity index (χ3n) is 2.86. The van der Waals surface area contributed by atoms with Crippen molar-refractivity contribution in [3.63, 3.8) is 0 Å². The molecule has 0 atom stereocenters. The van der Waals surface area contributed by atoms with Crippen molar-refractivity contribution in [3.05, 3.63) is 29.3 Å². The summed E-state index contributed by atoms with van der Waals surface area (Å²) < 4.78 is 26.6. The second-order valence-electron chi connectivity index (χ2n) is 4.35. The summed E-state index contributed by atoms with van der Waals surface area (Å²) >= 11 is 0. The van der Waals surface area contributed by atoms with E-state index in [0.29, 0.717) is 11.4 Å². The first-order chi connectivity index (χ1) is 8.47. The fourth-order valence-corrected chi connectivity index (χ4v) is 2.72. The van der Waals surface area contributed by atoms with E-state index < -0.39 is 10.0 Å². The summed E-state index contributed by atoms with van der Waals surface area (Å²) in [6.07, 6.45) is 0.790. The highest BCUT2D eigenvalue weighted by Crippen LogP contribution is 2.14. The molecule has 0 saturated carbocycles. The SMILES string of the molecule is CCNCCCNS(=O)(=O)c1ccc(C)c(C)c1. The van der Waals surface area contributed by atoms with Crippen LogP contribution in [0.4, 0.5) is 0 Å². The van der Waals surface area contributed by atoms with Gasteiger partial charge < -0.3 is 5.32 Å². The molecule has 4 nitrogen and oxygen atoms in total. The molecule has 0 fully saturated rings. The van der Waals surface area contributed by atoms with Crippen molar-refractivity contribution < 1.29 is 8.42 Å². The summed E-state index contributed by atoms with van der Waals surface area (Å²) in [5.41, 5.74) is 2.09. The zero-order chi connectivity index (χ0) is 13.6. The molecule has 0 aliphatic heterocycles. The van der Waals surface area contributed by atoms with Crippen LogP contribution in [0, 0.1) is 13.8 Å². The molecule has 0 aromatic heterocycles. The predicted octanol–water partition coefficient (Wildman–Crippen LogP) is 1.58. The third kappa shape index (κ3) is 4.40. The van der Waals surface area contributed by atoms with Crippen molar-refractivity contribution in [3.8, 4) is 0 Å². The lowest BCUT2D eigenvalue weighted by molar-refractivity contribution is 0.575. The molecular weight excluding hydrogens is 248 g/mol. The van der Waals surface area contributed by atoms with Gasteiger partial charge in [0.15, 0.2) is 0 Å². The van der Waals surface area contributed by atoms with Gasteiger partial charge in [0.05, 0.1) is 4.90 Å². The Hall–Kier alpha value is -0.910. The minimum Gasteiger partial charge on any atom is -0.317 e. The van der Waals surface area contributed by atoms with Gasteiger partial charge in [-0.15, -0.1) is 0 Å². The van der Waals surface area contributed by atoms with Crippen molar-refractivity contribution in [1.29, 1.82) is 0 Å². The maximum atomic E-state index is 12.0. The van der Waals surface area contributed by atoms with E-state index in [1.54, 1.807) is 12.1 Å². The van der Waals surface area contributed by atoms with Gasteiger partial charge in [-0.2, -0.15) is 0 Å². The number of sulfonamides is 1. The summed E-state index contributed by atoms with van der Waals surface area (Å²) in [5, 5.41) is 3.16. The molecule has 102 valence electrons. The molecule has 1 aromatic rings. The summed E-state index contributed by atoms with van der Waals surface area (Å²) in [7, 11) is -3.36. The van der Waals surface area contributed by atoms with Crippen LogP contribution in [0.15, 0.2) is 23.1 Å². The van der Waals surface area contributed by atoms with E-state index >= 15 is 0 Å². The third-order valence-corrected chi connectivity index (χ3v) is 4.32. The van der Waals surface area contributed by atoms with Crippen LogP contribution in [0.3, 0.4) is 0 Å². The first-order valence-electron chi connectivity index (χ1n) is 6.25. The first-order valence-corrected chi connectivity index (χ1v) is 7.73. The second-order valence-corrected chi connectivity index (χ2v) is 6.12. The molecule has 0 aliphatic rings. The molecule has 0 radical (unpaired) electrons. The monoisotopic (exact) mass is 270 g/mol. The number of aryl methyl sites for hydroxylation is 2. The summed E-state index contributed by atoms with van der Waals surface area (Å²) in [5.74, 6) is 0. The Morgan fingerprint density at radius 2 is 1.83 bits per heavy atom. The molecule has 2 N–H and O–H groups in total. The lowest BCUT2D eigenvalue weighted by Crippen LogP contribution is -2.27. The molecule has 1 aromatic carbocycles. The van der Waals surface area contributed by atoms with Crippen molar-refractivity contribution >= 4 is 10.0 Å². The zero-order valence-electron chi connectivity index (χ0n) is 11.3. The van der Waals surface area contributed by atoms with Gasteiger partial charge in [-0.3, -0.25) is 0 Å². The molecule has 0 unspecified atom stereocenters. The number of benzene rings is 1. The molecule has 0 saturated heterocycles. The molecule has 0 spiro atoms. The second kappa shape index (κ2) is 6.87. The zero-order valence-corrected chi connectivity index (χ0v) is 12.1. The van der Waals surface area contributed by atoms with Crippen LogP contribution in [0.1, 0.15) is 24.5 Å². The lowest BCUT2D eigenvalue weighted by atomic mass is 10.1. The number of rotatable bonds is 7. The van der Waals surface area contributed by atoms with Gasteiger partial charge in [0.2, 0.25) is 10.0 Å². The molecule has 1 rings (SSSR count). The number of hydrogen-bond donors (Lipinski definition) is 2. The summed E-state index contributed by atoms with van der Waals surface area (Å²) in [6.45, 7) is 8.10. The van der Waals surface area contributed by atoms with Gasteiger partial charge >= 0.3 is 0 Å². The van der Waals surface area contributed by atoms with Gasteiger partial charge in [0.25, 0.3) is 0 Å². The van der Waals surface area contributed by atoms with Gasteiger partial charge in [-0.25, -0.2) is 13.1 Å². The molecule has 0 amide bonds. The molecule has 0 aliphatic carbocycles. The first kappa shape index (κ1) is 15.1. The minimum atomic E-state index is -3.36. The van der Waals surface area contributed by atoms with Crippen LogP contribution in [0.2, 0.25) is 0 Å². The largest absolute Gasteiger partial charge is 0.317 e. The van der Waals surface area contributed by atoms with Gasteiger partial charge in [-0.1, -0.05) is 13.0 Å².